The van der Waals surface area contributed by atoms with Crippen LogP contribution in [0.2, 0.25) is 0 Å². The average molecular weight is 323 g/mol. The van der Waals surface area contributed by atoms with Crippen molar-refractivity contribution in [3.63, 3.8) is 0 Å². The van der Waals surface area contributed by atoms with Gasteiger partial charge < -0.3 is 0 Å². The van der Waals surface area contributed by atoms with Gasteiger partial charge in [-0.25, -0.2) is 0 Å². The fraction of sp³-hybridized carbons (Fsp3) is 0.273. The van der Waals surface area contributed by atoms with Gasteiger partial charge in [-0.2, -0.15) is 0 Å². The monoisotopic (exact) mass is 321 g/mol. The first-order valence-corrected chi connectivity index (χ1v) is 5.61. The second-order valence-corrected chi connectivity index (χ2v) is 4.74. The molecule has 0 fully saturated rings. The van der Waals surface area contributed by atoms with E-state index >= 15 is 0 Å². The van der Waals surface area contributed by atoms with Gasteiger partial charge in [-0.15, -0.1) is 24.8 Å². The Morgan fingerprint density at radius 1 is 1.33 bits per heavy atom. The molecule has 1 atom stereocenters. The summed E-state index contributed by atoms with van der Waals surface area (Å²) in [6.07, 6.45) is 3.98. The Labute approximate surface area is 118 Å². The van der Waals surface area contributed by atoms with Gasteiger partial charge in [0, 0.05) is 0 Å². The zero-order valence-electron chi connectivity index (χ0n) is 8.61. The summed E-state index contributed by atoms with van der Waals surface area (Å²) in [6.45, 7) is 4.44. The van der Waals surface area contributed by atoms with E-state index in [1.165, 1.54) is 39.1 Å². The van der Waals surface area contributed by atoms with Crippen molar-refractivity contribution in [2.75, 3.05) is 0 Å². The summed E-state index contributed by atoms with van der Waals surface area (Å²) in [5, 5.41) is 0. The fourth-order valence-corrected chi connectivity index (χ4v) is 2.57. The first kappa shape index (κ1) is 15.2. The van der Waals surface area contributed by atoms with Crippen LogP contribution in [0.4, 0.5) is 0 Å². The molecule has 0 N–H and O–H groups in total. The second-order valence-electron chi connectivity index (χ2n) is 3.41. The van der Waals surface area contributed by atoms with Crippen LogP contribution in [0.5, 0.6) is 0 Å². The Bertz CT molecular complexity index is 379. The summed E-state index contributed by atoms with van der Waals surface area (Å²) in [5.41, 5.74) is 2.74. The van der Waals surface area contributed by atoms with Gasteiger partial charge in [0.1, 0.15) is 0 Å². The molecule has 0 amide bonds. The Morgan fingerprint density at radius 2 is 2.00 bits per heavy atom. The van der Waals surface area contributed by atoms with E-state index in [1.807, 2.05) is 12.1 Å². The van der Waals surface area contributed by atoms with Gasteiger partial charge in [0.15, 0.2) is 0 Å². The number of furan rings is 1. The van der Waals surface area contributed by atoms with Gasteiger partial charge in [0.05, 0.1) is 0 Å². The molecule has 1 aromatic rings. The first-order valence-electron chi connectivity index (χ1n) is 4.38. The molecule has 2 rings (SSSR count). The van der Waals surface area contributed by atoms with Crippen molar-refractivity contribution in [1.29, 1.82) is 0 Å². The summed E-state index contributed by atoms with van der Waals surface area (Å²) in [7, 11) is 0. The molecule has 1 aliphatic rings. The Kier molecular flexibility index (Phi) is 6.17. The van der Waals surface area contributed by atoms with E-state index in [-0.39, 0.29) is 24.8 Å². The molecule has 1 nitrogen and oxygen atoms in total. The molecule has 1 heterocycles. The van der Waals surface area contributed by atoms with Crippen LogP contribution in [-0.2, 0) is 24.7 Å². The quantitative estimate of drug-likeness (QED) is 0.762. The summed E-state index contributed by atoms with van der Waals surface area (Å²) in [4.78, 5) is 0. The van der Waals surface area contributed by atoms with Gasteiger partial charge >= 0.3 is 93.6 Å². The Hall–Kier alpha value is 0.223. The van der Waals surface area contributed by atoms with Crippen LogP contribution in [0.3, 0.4) is 0 Å². The molecule has 4 heteroatoms. The third-order valence-corrected chi connectivity index (χ3v) is 4.29. The Morgan fingerprint density at radius 3 is 2.40 bits per heavy atom. The van der Waals surface area contributed by atoms with E-state index in [2.05, 4.69) is 19.9 Å². The molecule has 81 valence electrons. The van der Waals surface area contributed by atoms with E-state index in [4.69, 9.17) is 4.42 Å². The molecule has 1 aliphatic carbocycles. The number of halogens is 2. The van der Waals surface area contributed by atoms with Crippen molar-refractivity contribution < 1.29 is 29.1 Å². The molecule has 0 radical (unpaired) electrons. The molecule has 0 aromatic carbocycles. The molecule has 1 aromatic heterocycles. The Balaban J connectivity index is 0.000000980. The van der Waals surface area contributed by atoms with Crippen LogP contribution < -0.4 is 0 Å². The normalized spacial score (nSPS) is 19.3. The minimum absolute atomic E-state index is 0. The van der Waals surface area contributed by atoms with E-state index in [1.54, 1.807) is 6.26 Å². The van der Waals surface area contributed by atoms with E-state index < -0.39 is 0 Å². The molecular weight excluding hydrogens is 310 g/mol. The topological polar surface area (TPSA) is 13.1 Å². The number of rotatable bonds is 1. The maximum absolute atomic E-state index is 5.40. The number of hydrogen-bond donors (Lipinski definition) is 0. The van der Waals surface area contributed by atoms with Crippen LogP contribution in [0.15, 0.2) is 37.7 Å². The minimum atomic E-state index is 0. The molecule has 0 saturated carbocycles. The summed E-state index contributed by atoms with van der Waals surface area (Å²) in [5.74, 6) is 1.62. The molecule has 0 bridgehead atoms. The minimum Gasteiger partial charge on any atom is -0.147 e. The average Bonchev–Trinajstić information content (AvgIpc) is 2.70. The van der Waals surface area contributed by atoms with Gasteiger partial charge in [0.2, 0.25) is 0 Å². The maximum atomic E-state index is 5.40. The second kappa shape index (κ2) is 6.08. The summed E-state index contributed by atoms with van der Waals surface area (Å²) < 4.78 is 6.90. The number of hydrogen-bond acceptors (Lipinski definition) is 1. The van der Waals surface area contributed by atoms with Crippen molar-refractivity contribution in [3.05, 3.63) is 39.1 Å². The van der Waals surface area contributed by atoms with Crippen LogP contribution in [-0.4, -0.2) is 0 Å². The van der Waals surface area contributed by atoms with Crippen LogP contribution in [0.25, 0.3) is 5.57 Å². The zero-order chi connectivity index (χ0) is 9.42. The van der Waals surface area contributed by atoms with Gasteiger partial charge in [-0.05, 0) is 0 Å². The molecule has 15 heavy (non-hydrogen) atoms. The molecular formula is C11H13Cl2OZr. The maximum Gasteiger partial charge on any atom is -0.147 e. The van der Waals surface area contributed by atoms with Crippen molar-refractivity contribution in [3.8, 4) is 0 Å². The van der Waals surface area contributed by atoms with Crippen molar-refractivity contribution in [1.82, 2.24) is 0 Å². The van der Waals surface area contributed by atoms with E-state index in [9.17, 15) is 0 Å². The molecule has 0 spiro atoms. The molecule has 0 saturated heterocycles. The summed E-state index contributed by atoms with van der Waals surface area (Å²) in [6, 6.07) is 3.97. The third-order valence-electron chi connectivity index (χ3n) is 2.56. The largest absolute Gasteiger partial charge is 0.147 e. The van der Waals surface area contributed by atoms with Crippen molar-refractivity contribution in [2.45, 2.75) is 13.8 Å². The van der Waals surface area contributed by atoms with Crippen molar-refractivity contribution in [2.24, 2.45) is 5.92 Å². The number of allylic oxidation sites excluding steroid dienone is 4. The summed E-state index contributed by atoms with van der Waals surface area (Å²) >= 11 is 1.49. The fourth-order valence-electron chi connectivity index (χ4n) is 1.53. The third kappa shape index (κ3) is 2.87. The van der Waals surface area contributed by atoms with Crippen LogP contribution in [0, 0.1) is 5.92 Å². The zero-order valence-corrected chi connectivity index (χ0v) is 12.7. The predicted molar refractivity (Wildman–Crippen MR) is 63.0 cm³/mol. The van der Waals surface area contributed by atoms with Crippen LogP contribution >= 0.6 is 24.8 Å². The first-order chi connectivity index (χ1) is 6.20. The molecule has 0 aliphatic heterocycles. The predicted octanol–water partition coefficient (Wildman–Crippen LogP) is 3.98. The SMILES string of the molecule is CC1=CC(c2ccco2)=[C]([Zr])C1C.Cl.Cl. The van der Waals surface area contributed by atoms with Gasteiger partial charge in [-0.3, -0.25) is 0 Å². The van der Waals surface area contributed by atoms with E-state index in [0.29, 0.717) is 5.92 Å². The standard InChI is InChI=1S/C11H11O.2ClH.Zr/c1-8-6-10(7-9(8)2)11-4-3-5-12-11;;;/h3-6,9H,1-2H3;2*1H;. The van der Waals surface area contributed by atoms with Gasteiger partial charge in [-0.1, -0.05) is 0 Å². The molecule has 1 unspecified atom stereocenters. The van der Waals surface area contributed by atoms with Crippen LogP contribution in [0.1, 0.15) is 19.6 Å². The van der Waals surface area contributed by atoms with Crippen molar-refractivity contribution >= 4 is 30.4 Å². The van der Waals surface area contributed by atoms with E-state index in [0.717, 1.165) is 5.76 Å². The van der Waals surface area contributed by atoms with Gasteiger partial charge in [0.25, 0.3) is 0 Å². The smallest absolute Gasteiger partial charge is 0.147 e.